The van der Waals surface area contributed by atoms with Crippen molar-refractivity contribution in [1.29, 1.82) is 0 Å². The van der Waals surface area contributed by atoms with Gasteiger partial charge in [-0.3, -0.25) is 9.78 Å². The Hall–Kier alpha value is -3.28. The molecule has 1 amide bonds. The number of benzene rings is 1. The van der Waals surface area contributed by atoms with Crippen molar-refractivity contribution < 1.29 is 9.53 Å². The van der Waals surface area contributed by atoms with Crippen molar-refractivity contribution in [3.63, 3.8) is 0 Å². The number of pyridine rings is 1. The number of aromatic nitrogens is 3. The summed E-state index contributed by atoms with van der Waals surface area (Å²) in [5.74, 6) is 0.642. The average molecular weight is 306 g/mol. The summed E-state index contributed by atoms with van der Waals surface area (Å²) in [4.78, 5) is 23.8. The molecule has 0 fully saturated rings. The first kappa shape index (κ1) is 14.6. The lowest BCUT2D eigenvalue weighted by molar-refractivity contribution is -0.119. The van der Waals surface area contributed by atoms with E-state index in [1.165, 1.54) is 0 Å². The van der Waals surface area contributed by atoms with Crippen LogP contribution in [-0.2, 0) is 4.79 Å². The highest BCUT2D eigenvalue weighted by Crippen LogP contribution is 2.21. The molecule has 114 valence electrons. The fourth-order valence-electron chi connectivity index (χ4n) is 2.01. The maximum atomic E-state index is 10.7. The number of amides is 1. The molecule has 0 saturated heterocycles. The van der Waals surface area contributed by atoms with Crippen molar-refractivity contribution in [1.82, 2.24) is 15.0 Å². The van der Waals surface area contributed by atoms with Crippen LogP contribution in [-0.4, -0.2) is 27.5 Å². The van der Waals surface area contributed by atoms with Crippen LogP contribution in [0.1, 0.15) is 0 Å². The van der Waals surface area contributed by atoms with Crippen molar-refractivity contribution in [2.45, 2.75) is 0 Å². The molecule has 0 atom stereocenters. The Morgan fingerprint density at radius 1 is 0.957 bits per heavy atom. The van der Waals surface area contributed by atoms with Crippen LogP contribution in [0.2, 0.25) is 0 Å². The number of nitrogens with zero attached hydrogens (tertiary/aromatic N) is 3. The van der Waals surface area contributed by atoms with Gasteiger partial charge in [-0.05, 0) is 42.5 Å². The van der Waals surface area contributed by atoms with E-state index in [0.717, 1.165) is 17.0 Å². The molecule has 23 heavy (non-hydrogen) atoms. The van der Waals surface area contributed by atoms with Crippen molar-refractivity contribution >= 4 is 5.91 Å². The lowest BCUT2D eigenvalue weighted by Gasteiger charge is -2.06. The van der Waals surface area contributed by atoms with E-state index in [4.69, 9.17) is 10.5 Å². The van der Waals surface area contributed by atoms with Crippen LogP contribution < -0.4 is 10.5 Å². The molecule has 0 aliphatic carbocycles. The SMILES string of the molecule is NC(=O)COc1ccc(-c2nccc(-c3ccccn3)n2)cc1. The number of ether oxygens (including phenoxy) is 1. The fourth-order valence-corrected chi connectivity index (χ4v) is 2.01. The lowest BCUT2D eigenvalue weighted by Crippen LogP contribution is -2.19. The second-order valence-corrected chi connectivity index (χ2v) is 4.76. The standard InChI is InChI=1S/C17H14N4O2/c18-16(22)11-23-13-6-4-12(5-7-13)17-20-10-8-15(21-17)14-3-1-2-9-19-14/h1-10H,11H2,(H2,18,22). The quantitative estimate of drug-likeness (QED) is 0.779. The molecule has 0 unspecified atom stereocenters. The normalized spacial score (nSPS) is 10.3. The second kappa shape index (κ2) is 6.65. The summed E-state index contributed by atoms with van der Waals surface area (Å²) in [6, 6.07) is 14.6. The number of nitrogens with two attached hydrogens (primary N) is 1. The summed E-state index contributed by atoms with van der Waals surface area (Å²) >= 11 is 0. The zero-order valence-electron chi connectivity index (χ0n) is 12.2. The molecule has 3 aromatic rings. The molecule has 0 aliphatic rings. The molecular formula is C17H14N4O2. The Kier molecular flexibility index (Phi) is 4.24. The molecule has 2 aromatic heterocycles. The zero-order valence-corrected chi connectivity index (χ0v) is 12.2. The van der Waals surface area contributed by atoms with Crippen molar-refractivity contribution in [2.75, 3.05) is 6.61 Å². The van der Waals surface area contributed by atoms with E-state index in [1.807, 2.05) is 36.4 Å². The van der Waals surface area contributed by atoms with Crippen LogP contribution >= 0.6 is 0 Å². The van der Waals surface area contributed by atoms with Crippen LogP contribution in [0.25, 0.3) is 22.8 Å². The number of carbonyl (C=O) groups excluding carboxylic acids is 1. The van der Waals surface area contributed by atoms with E-state index in [2.05, 4.69) is 15.0 Å². The molecule has 6 nitrogen and oxygen atoms in total. The molecule has 0 radical (unpaired) electrons. The van der Waals surface area contributed by atoms with Crippen LogP contribution in [0.4, 0.5) is 0 Å². The van der Waals surface area contributed by atoms with Crippen LogP contribution in [0.5, 0.6) is 5.75 Å². The topological polar surface area (TPSA) is 91.0 Å². The maximum Gasteiger partial charge on any atom is 0.255 e. The predicted octanol–water partition coefficient (Wildman–Crippen LogP) is 2.07. The first-order valence-electron chi connectivity index (χ1n) is 6.98. The number of hydrogen-bond acceptors (Lipinski definition) is 5. The Labute approximate surface area is 133 Å². The van der Waals surface area contributed by atoms with Gasteiger partial charge >= 0.3 is 0 Å². The van der Waals surface area contributed by atoms with Gasteiger partial charge in [0.2, 0.25) is 0 Å². The van der Waals surface area contributed by atoms with Crippen LogP contribution in [0.15, 0.2) is 60.9 Å². The molecule has 1 aromatic carbocycles. The molecule has 2 heterocycles. The van der Waals surface area contributed by atoms with Gasteiger partial charge in [-0.15, -0.1) is 0 Å². The van der Waals surface area contributed by atoms with Gasteiger partial charge in [0.25, 0.3) is 5.91 Å². The summed E-state index contributed by atoms with van der Waals surface area (Å²) in [6.45, 7) is -0.148. The van der Waals surface area contributed by atoms with Gasteiger partial charge in [-0.1, -0.05) is 6.07 Å². The Balaban J connectivity index is 1.83. The molecule has 3 rings (SSSR count). The van der Waals surface area contributed by atoms with Gasteiger partial charge in [-0.25, -0.2) is 9.97 Å². The third-order valence-electron chi connectivity index (χ3n) is 3.08. The summed E-state index contributed by atoms with van der Waals surface area (Å²) in [6.07, 6.45) is 3.42. The summed E-state index contributed by atoms with van der Waals surface area (Å²) in [5.41, 5.74) is 7.43. The van der Waals surface area contributed by atoms with Crippen molar-refractivity contribution in [3.05, 3.63) is 60.9 Å². The van der Waals surface area contributed by atoms with E-state index in [1.54, 1.807) is 24.5 Å². The molecule has 0 saturated carbocycles. The minimum Gasteiger partial charge on any atom is -0.484 e. The summed E-state index contributed by atoms with van der Waals surface area (Å²) < 4.78 is 5.23. The van der Waals surface area contributed by atoms with Crippen molar-refractivity contribution in [3.8, 4) is 28.5 Å². The highest BCUT2D eigenvalue weighted by atomic mass is 16.5. The maximum absolute atomic E-state index is 10.7. The summed E-state index contributed by atoms with van der Waals surface area (Å²) in [7, 11) is 0. The first-order valence-corrected chi connectivity index (χ1v) is 6.98. The Morgan fingerprint density at radius 3 is 2.48 bits per heavy atom. The minimum atomic E-state index is -0.513. The number of hydrogen-bond donors (Lipinski definition) is 1. The van der Waals surface area contributed by atoms with Gasteiger partial charge < -0.3 is 10.5 Å². The van der Waals surface area contributed by atoms with Gasteiger partial charge in [0.1, 0.15) is 5.75 Å². The lowest BCUT2D eigenvalue weighted by atomic mass is 10.2. The molecule has 6 heteroatoms. The van der Waals surface area contributed by atoms with Crippen LogP contribution in [0.3, 0.4) is 0 Å². The molecule has 2 N–H and O–H groups in total. The monoisotopic (exact) mass is 306 g/mol. The number of carbonyl (C=O) groups is 1. The van der Waals surface area contributed by atoms with Gasteiger partial charge in [-0.2, -0.15) is 0 Å². The van der Waals surface area contributed by atoms with E-state index in [9.17, 15) is 4.79 Å². The first-order chi connectivity index (χ1) is 11.2. The smallest absolute Gasteiger partial charge is 0.255 e. The Morgan fingerprint density at radius 2 is 1.78 bits per heavy atom. The summed E-state index contributed by atoms with van der Waals surface area (Å²) in [5, 5.41) is 0. The molecule has 0 bridgehead atoms. The van der Waals surface area contributed by atoms with E-state index in [-0.39, 0.29) is 6.61 Å². The highest BCUT2D eigenvalue weighted by Gasteiger charge is 2.06. The van der Waals surface area contributed by atoms with Gasteiger partial charge in [0.15, 0.2) is 12.4 Å². The molecule has 0 spiro atoms. The number of primary amides is 1. The van der Waals surface area contributed by atoms with E-state index < -0.39 is 5.91 Å². The van der Waals surface area contributed by atoms with Crippen molar-refractivity contribution in [2.24, 2.45) is 5.73 Å². The molecule has 0 aliphatic heterocycles. The third kappa shape index (κ3) is 3.68. The fraction of sp³-hybridized carbons (Fsp3) is 0.0588. The van der Waals surface area contributed by atoms with Crippen LogP contribution in [0, 0.1) is 0 Å². The molecular weight excluding hydrogens is 292 g/mol. The largest absolute Gasteiger partial charge is 0.484 e. The number of rotatable bonds is 5. The zero-order chi connectivity index (χ0) is 16.1. The van der Waals surface area contributed by atoms with E-state index in [0.29, 0.717) is 11.6 Å². The second-order valence-electron chi connectivity index (χ2n) is 4.76. The third-order valence-corrected chi connectivity index (χ3v) is 3.08. The average Bonchev–Trinajstić information content (AvgIpc) is 2.61. The minimum absolute atomic E-state index is 0.148. The Bertz CT molecular complexity index is 804. The van der Waals surface area contributed by atoms with Gasteiger partial charge in [0, 0.05) is 18.0 Å². The highest BCUT2D eigenvalue weighted by molar-refractivity contribution is 5.75. The van der Waals surface area contributed by atoms with Gasteiger partial charge in [0.05, 0.1) is 11.4 Å². The van der Waals surface area contributed by atoms with E-state index >= 15 is 0 Å². The predicted molar refractivity (Wildman–Crippen MR) is 85.4 cm³/mol.